The summed E-state index contributed by atoms with van der Waals surface area (Å²) in [5.74, 6) is 1.22. The first-order valence-electron chi connectivity index (χ1n) is 7.75. The third-order valence-corrected chi connectivity index (χ3v) is 4.30. The zero-order valence-electron chi connectivity index (χ0n) is 13.6. The lowest BCUT2D eigenvalue weighted by Gasteiger charge is -2.37. The maximum Gasteiger partial charge on any atom is 0.220 e. The monoisotopic (exact) mass is 306 g/mol. The molecule has 6 nitrogen and oxygen atoms in total. The van der Waals surface area contributed by atoms with Crippen molar-refractivity contribution in [2.75, 3.05) is 39.6 Å². The predicted octanol–water partition coefficient (Wildman–Crippen LogP) is 1.10. The van der Waals surface area contributed by atoms with E-state index in [0.717, 1.165) is 31.9 Å². The average Bonchev–Trinajstić information content (AvgIpc) is 2.55. The molecule has 1 aliphatic heterocycles. The molecule has 1 amide bonds. The fourth-order valence-corrected chi connectivity index (χ4v) is 3.11. The van der Waals surface area contributed by atoms with E-state index in [9.17, 15) is 4.79 Å². The minimum Gasteiger partial charge on any atom is -0.381 e. The summed E-state index contributed by atoms with van der Waals surface area (Å²) in [4.78, 5) is 18.4. The number of aromatic nitrogens is 1. The second kappa shape index (κ2) is 8.10. The van der Waals surface area contributed by atoms with Crippen LogP contribution in [0.4, 0.5) is 5.82 Å². The maximum absolute atomic E-state index is 11.7. The molecule has 0 spiro atoms. The van der Waals surface area contributed by atoms with E-state index in [1.165, 1.54) is 5.56 Å². The number of ether oxygens (including phenoxy) is 1. The number of hydrogen-bond donors (Lipinski definition) is 2. The van der Waals surface area contributed by atoms with Crippen LogP contribution in [-0.4, -0.2) is 56.2 Å². The summed E-state index contributed by atoms with van der Waals surface area (Å²) < 4.78 is 5.56. The highest BCUT2D eigenvalue weighted by molar-refractivity contribution is 5.75. The second-order valence-electron chi connectivity index (χ2n) is 5.70. The highest BCUT2D eigenvalue weighted by atomic mass is 16.5. The summed E-state index contributed by atoms with van der Waals surface area (Å²) in [5, 5.41) is 5.84. The van der Waals surface area contributed by atoms with Crippen LogP contribution in [0.15, 0.2) is 18.3 Å². The third kappa shape index (κ3) is 4.18. The molecule has 2 atom stereocenters. The van der Waals surface area contributed by atoms with E-state index < -0.39 is 0 Å². The number of rotatable bonds is 6. The normalized spacial score (nSPS) is 22.3. The number of hydrogen-bond acceptors (Lipinski definition) is 5. The Bertz CT molecular complexity index is 495. The number of pyridine rings is 1. The Balaban J connectivity index is 2.02. The lowest BCUT2D eigenvalue weighted by atomic mass is 9.91. The molecule has 2 N–H and O–H groups in total. The van der Waals surface area contributed by atoms with Gasteiger partial charge in [0.1, 0.15) is 5.82 Å². The van der Waals surface area contributed by atoms with Crippen LogP contribution in [0.2, 0.25) is 0 Å². The number of amides is 1. The van der Waals surface area contributed by atoms with Gasteiger partial charge in [0, 0.05) is 64.9 Å². The van der Waals surface area contributed by atoms with Crippen molar-refractivity contribution in [2.24, 2.45) is 5.92 Å². The van der Waals surface area contributed by atoms with Gasteiger partial charge in [-0.05, 0) is 12.5 Å². The summed E-state index contributed by atoms with van der Waals surface area (Å²) in [7, 11) is 5.30. The number of likely N-dealkylation sites (tertiary alicyclic amines) is 1. The Morgan fingerprint density at radius 1 is 1.50 bits per heavy atom. The van der Waals surface area contributed by atoms with E-state index in [1.54, 1.807) is 20.4 Å². The van der Waals surface area contributed by atoms with Crippen LogP contribution in [-0.2, 0) is 16.1 Å². The zero-order valence-corrected chi connectivity index (χ0v) is 13.6. The van der Waals surface area contributed by atoms with Crippen molar-refractivity contribution in [1.29, 1.82) is 0 Å². The van der Waals surface area contributed by atoms with Gasteiger partial charge in [-0.25, -0.2) is 4.98 Å². The lowest BCUT2D eigenvalue weighted by molar-refractivity contribution is -0.123. The van der Waals surface area contributed by atoms with E-state index in [1.807, 2.05) is 13.1 Å². The minimum absolute atomic E-state index is 0.0752. The molecule has 1 saturated heterocycles. The van der Waals surface area contributed by atoms with Gasteiger partial charge in [0.25, 0.3) is 0 Å². The van der Waals surface area contributed by atoms with Crippen LogP contribution < -0.4 is 10.6 Å². The zero-order chi connectivity index (χ0) is 15.9. The quantitative estimate of drug-likeness (QED) is 0.824. The van der Waals surface area contributed by atoms with Gasteiger partial charge in [-0.15, -0.1) is 0 Å². The molecule has 6 heteroatoms. The Morgan fingerprint density at radius 3 is 3.00 bits per heavy atom. The molecule has 2 heterocycles. The smallest absolute Gasteiger partial charge is 0.220 e. The highest BCUT2D eigenvalue weighted by Crippen LogP contribution is 2.25. The Hall–Kier alpha value is -1.66. The van der Waals surface area contributed by atoms with Gasteiger partial charge >= 0.3 is 0 Å². The molecule has 122 valence electrons. The molecular weight excluding hydrogens is 280 g/mol. The van der Waals surface area contributed by atoms with Gasteiger partial charge in [-0.2, -0.15) is 0 Å². The molecule has 0 radical (unpaired) electrons. The molecule has 0 aliphatic carbocycles. The van der Waals surface area contributed by atoms with Crippen molar-refractivity contribution < 1.29 is 9.53 Å². The number of anilines is 1. The molecule has 1 aliphatic rings. The molecule has 0 unspecified atom stereocenters. The Kier molecular flexibility index (Phi) is 6.15. The number of carbonyl (C=O) groups is 1. The summed E-state index contributed by atoms with van der Waals surface area (Å²) >= 11 is 0. The minimum atomic E-state index is 0.0752. The van der Waals surface area contributed by atoms with E-state index >= 15 is 0 Å². The molecule has 1 fully saturated rings. The molecule has 2 rings (SSSR count). The SMILES string of the molecule is CNC(=O)C[C@@H]1CN(Cc2cccnc2NC)CC[C@H]1OC. The molecule has 0 aromatic carbocycles. The number of nitrogens with one attached hydrogen (secondary N) is 2. The van der Waals surface area contributed by atoms with Gasteiger partial charge in [0.05, 0.1) is 6.10 Å². The van der Waals surface area contributed by atoms with Crippen LogP contribution in [0.5, 0.6) is 0 Å². The van der Waals surface area contributed by atoms with Gasteiger partial charge < -0.3 is 15.4 Å². The van der Waals surface area contributed by atoms with Crippen molar-refractivity contribution in [3.8, 4) is 0 Å². The second-order valence-corrected chi connectivity index (χ2v) is 5.70. The Morgan fingerprint density at radius 2 is 2.32 bits per heavy atom. The van der Waals surface area contributed by atoms with Crippen LogP contribution in [0.1, 0.15) is 18.4 Å². The van der Waals surface area contributed by atoms with Crippen LogP contribution in [0.25, 0.3) is 0 Å². The largest absolute Gasteiger partial charge is 0.381 e. The maximum atomic E-state index is 11.7. The van der Waals surface area contributed by atoms with Crippen LogP contribution in [0.3, 0.4) is 0 Å². The first-order valence-corrected chi connectivity index (χ1v) is 7.75. The molecule has 0 bridgehead atoms. The predicted molar refractivity (Wildman–Crippen MR) is 86.6 cm³/mol. The van der Waals surface area contributed by atoms with Crippen molar-refractivity contribution in [1.82, 2.24) is 15.2 Å². The van der Waals surface area contributed by atoms with Crippen LogP contribution >= 0.6 is 0 Å². The Labute approximate surface area is 132 Å². The average molecular weight is 306 g/mol. The molecular formula is C16H26N4O2. The first kappa shape index (κ1) is 16.7. The number of carbonyl (C=O) groups excluding carboxylic acids is 1. The summed E-state index contributed by atoms with van der Waals surface area (Å²) in [6.45, 7) is 2.68. The summed E-state index contributed by atoms with van der Waals surface area (Å²) in [6.07, 6.45) is 3.41. The van der Waals surface area contributed by atoms with Crippen molar-refractivity contribution >= 4 is 11.7 Å². The molecule has 22 heavy (non-hydrogen) atoms. The summed E-state index contributed by atoms with van der Waals surface area (Å²) in [5.41, 5.74) is 1.18. The van der Waals surface area contributed by atoms with E-state index in [-0.39, 0.29) is 17.9 Å². The first-order chi connectivity index (χ1) is 10.7. The third-order valence-electron chi connectivity index (χ3n) is 4.30. The van der Waals surface area contributed by atoms with Gasteiger partial charge in [0.2, 0.25) is 5.91 Å². The standard InChI is InChI=1S/C16H26N4O2/c1-17-15(21)9-13-11-20(8-6-14(13)22-3)10-12-5-4-7-19-16(12)18-2/h4-5,7,13-14H,6,8-11H2,1-3H3,(H,17,21)(H,18,19)/t13-,14-/m1/s1. The van der Waals surface area contributed by atoms with E-state index in [4.69, 9.17) is 4.74 Å². The summed E-state index contributed by atoms with van der Waals surface area (Å²) in [6, 6.07) is 4.05. The molecule has 1 aromatic rings. The molecule has 1 aromatic heterocycles. The van der Waals surface area contributed by atoms with Crippen molar-refractivity contribution in [3.05, 3.63) is 23.9 Å². The topological polar surface area (TPSA) is 66.5 Å². The van der Waals surface area contributed by atoms with Crippen LogP contribution in [0, 0.1) is 5.92 Å². The van der Waals surface area contributed by atoms with Gasteiger partial charge in [-0.1, -0.05) is 6.07 Å². The number of nitrogens with zero attached hydrogens (tertiary/aromatic N) is 2. The van der Waals surface area contributed by atoms with E-state index in [2.05, 4.69) is 26.6 Å². The number of piperidine rings is 1. The fourth-order valence-electron chi connectivity index (χ4n) is 3.11. The number of methoxy groups -OCH3 is 1. The molecule has 0 saturated carbocycles. The van der Waals surface area contributed by atoms with Gasteiger partial charge in [0.15, 0.2) is 0 Å². The van der Waals surface area contributed by atoms with Crippen molar-refractivity contribution in [3.63, 3.8) is 0 Å². The van der Waals surface area contributed by atoms with E-state index in [0.29, 0.717) is 6.42 Å². The fraction of sp³-hybridized carbons (Fsp3) is 0.625. The van der Waals surface area contributed by atoms with Gasteiger partial charge in [-0.3, -0.25) is 9.69 Å². The highest BCUT2D eigenvalue weighted by Gasteiger charge is 2.30. The lowest BCUT2D eigenvalue weighted by Crippen LogP contribution is -2.45. The van der Waals surface area contributed by atoms with Crippen molar-refractivity contribution in [2.45, 2.75) is 25.5 Å².